The predicted molar refractivity (Wildman–Crippen MR) is 46.1 cm³/mol. The number of hydrogen-bond donors (Lipinski definition) is 0. The third-order valence-corrected chi connectivity index (χ3v) is 1.78. The molecule has 0 aromatic carbocycles. The van der Waals surface area contributed by atoms with Gasteiger partial charge in [-0.15, -0.1) is 0 Å². The van der Waals surface area contributed by atoms with E-state index in [4.69, 9.17) is 14.2 Å². The van der Waals surface area contributed by atoms with Crippen molar-refractivity contribution in [3.63, 3.8) is 0 Å². The summed E-state index contributed by atoms with van der Waals surface area (Å²) in [6, 6.07) is 0. The van der Waals surface area contributed by atoms with E-state index in [2.05, 4.69) is 0 Å². The van der Waals surface area contributed by atoms with Crippen LogP contribution < -0.4 is 0 Å². The molecule has 2 atom stereocenters. The zero-order chi connectivity index (χ0) is 9.84. The van der Waals surface area contributed by atoms with Crippen LogP contribution in [0.25, 0.3) is 0 Å². The van der Waals surface area contributed by atoms with E-state index < -0.39 is 0 Å². The summed E-state index contributed by atoms with van der Waals surface area (Å²) in [5, 5.41) is 0. The molecule has 1 fully saturated rings. The first-order chi connectivity index (χ1) is 6.09. The molecule has 2 unspecified atom stereocenters. The van der Waals surface area contributed by atoms with E-state index in [1.54, 1.807) is 13.8 Å². The molecule has 0 aliphatic carbocycles. The molecule has 0 bridgehead atoms. The summed E-state index contributed by atoms with van der Waals surface area (Å²) in [5.41, 5.74) is 0. The zero-order valence-corrected chi connectivity index (χ0v) is 8.28. The van der Waals surface area contributed by atoms with Crippen LogP contribution in [0.2, 0.25) is 0 Å². The maximum atomic E-state index is 11.1. The molecule has 0 aromatic heterocycles. The molecular formula is C9H16O4. The van der Waals surface area contributed by atoms with E-state index in [0.717, 1.165) is 0 Å². The highest BCUT2D eigenvalue weighted by atomic mass is 16.7. The molecule has 1 aliphatic heterocycles. The van der Waals surface area contributed by atoms with Gasteiger partial charge < -0.3 is 14.2 Å². The monoisotopic (exact) mass is 188 g/mol. The number of hydrogen-bond acceptors (Lipinski definition) is 4. The van der Waals surface area contributed by atoms with E-state index in [1.165, 1.54) is 0 Å². The average Bonchev–Trinajstić information content (AvgIpc) is 2.47. The summed E-state index contributed by atoms with van der Waals surface area (Å²) in [6.07, 6.45) is -0.277. The van der Waals surface area contributed by atoms with Gasteiger partial charge in [-0.2, -0.15) is 0 Å². The largest absolute Gasteiger partial charge is 0.463 e. The van der Waals surface area contributed by atoms with Crippen LogP contribution in [-0.4, -0.2) is 31.6 Å². The molecule has 0 aromatic rings. The Kier molecular flexibility index (Phi) is 3.69. The first-order valence-corrected chi connectivity index (χ1v) is 4.53. The van der Waals surface area contributed by atoms with E-state index >= 15 is 0 Å². The van der Waals surface area contributed by atoms with Crippen LogP contribution in [0.5, 0.6) is 0 Å². The highest BCUT2D eigenvalue weighted by Crippen LogP contribution is 2.11. The third kappa shape index (κ3) is 3.32. The summed E-state index contributed by atoms with van der Waals surface area (Å²) in [4.78, 5) is 11.1. The molecule has 1 aliphatic rings. The van der Waals surface area contributed by atoms with Gasteiger partial charge in [-0.25, -0.2) is 0 Å². The van der Waals surface area contributed by atoms with Crippen LogP contribution in [0.1, 0.15) is 20.8 Å². The second-order valence-electron chi connectivity index (χ2n) is 3.44. The van der Waals surface area contributed by atoms with Gasteiger partial charge in [0.15, 0.2) is 6.29 Å². The van der Waals surface area contributed by atoms with Gasteiger partial charge in [-0.05, 0) is 6.92 Å². The number of carbonyl (C=O) groups is 1. The molecule has 4 nitrogen and oxygen atoms in total. The fraction of sp³-hybridized carbons (Fsp3) is 0.889. The van der Waals surface area contributed by atoms with E-state index in [0.29, 0.717) is 13.2 Å². The van der Waals surface area contributed by atoms with Crippen molar-refractivity contribution >= 4 is 5.97 Å². The first-order valence-electron chi connectivity index (χ1n) is 4.53. The van der Waals surface area contributed by atoms with Gasteiger partial charge in [-0.3, -0.25) is 4.79 Å². The Labute approximate surface area is 78.2 Å². The molecule has 0 amide bonds. The third-order valence-electron chi connectivity index (χ3n) is 1.78. The Balaban J connectivity index is 2.16. The number of esters is 1. The zero-order valence-electron chi connectivity index (χ0n) is 8.28. The lowest BCUT2D eigenvalue weighted by Gasteiger charge is -2.10. The van der Waals surface area contributed by atoms with Crippen molar-refractivity contribution in [1.29, 1.82) is 0 Å². The minimum Gasteiger partial charge on any atom is -0.463 e. The normalized spacial score (nSPS) is 28.0. The standard InChI is InChI=1S/C9H16O4/c1-6(2)9(10)12-5-8-4-11-7(3)13-8/h6-8H,4-5H2,1-3H3. The molecule has 0 radical (unpaired) electrons. The summed E-state index contributed by atoms with van der Waals surface area (Å²) < 4.78 is 15.4. The quantitative estimate of drug-likeness (QED) is 0.618. The highest BCUT2D eigenvalue weighted by Gasteiger charge is 2.23. The van der Waals surface area contributed by atoms with Gasteiger partial charge in [0, 0.05) is 0 Å². The van der Waals surface area contributed by atoms with Crippen LogP contribution in [0, 0.1) is 5.92 Å². The Morgan fingerprint density at radius 3 is 2.77 bits per heavy atom. The van der Waals surface area contributed by atoms with Crippen molar-refractivity contribution in [2.45, 2.75) is 33.2 Å². The maximum Gasteiger partial charge on any atom is 0.308 e. The topological polar surface area (TPSA) is 44.8 Å². The van der Waals surface area contributed by atoms with E-state index in [9.17, 15) is 4.79 Å². The second kappa shape index (κ2) is 4.58. The molecule has 4 heteroatoms. The lowest BCUT2D eigenvalue weighted by atomic mass is 10.2. The van der Waals surface area contributed by atoms with E-state index in [1.807, 2.05) is 6.92 Å². The van der Waals surface area contributed by atoms with Crippen molar-refractivity contribution < 1.29 is 19.0 Å². The van der Waals surface area contributed by atoms with Crippen LogP contribution in [0.4, 0.5) is 0 Å². The maximum absolute atomic E-state index is 11.1. The molecule has 0 saturated carbocycles. The van der Waals surface area contributed by atoms with Crippen LogP contribution in [-0.2, 0) is 19.0 Å². The van der Waals surface area contributed by atoms with Crippen molar-refractivity contribution in [2.75, 3.05) is 13.2 Å². The fourth-order valence-electron chi connectivity index (χ4n) is 1.02. The van der Waals surface area contributed by atoms with Crippen molar-refractivity contribution in [1.82, 2.24) is 0 Å². The lowest BCUT2D eigenvalue weighted by Crippen LogP contribution is -2.23. The van der Waals surface area contributed by atoms with Crippen LogP contribution in [0.3, 0.4) is 0 Å². The van der Waals surface area contributed by atoms with Crippen LogP contribution >= 0.6 is 0 Å². The van der Waals surface area contributed by atoms with E-state index in [-0.39, 0.29) is 24.3 Å². The Bertz CT molecular complexity index is 178. The Morgan fingerprint density at radius 1 is 1.62 bits per heavy atom. The van der Waals surface area contributed by atoms with Crippen LogP contribution in [0.15, 0.2) is 0 Å². The van der Waals surface area contributed by atoms with Gasteiger partial charge in [0.1, 0.15) is 12.7 Å². The molecule has 1 heterocycles. The number of carbonyl (C=O) groups excluding carboxylic acids is 1. The van der Waals surface area contributed by atoms with Crippen molar-refractivity contribution in [3.8, 4) is 0 Å². The SMILES string of the molecule is CC1OCC(COC(=O)C(C)C)O1. The molecule has 76 valence electrons. The lowest BCUT2D eigenvalue weighted by molar-refractivity contribution is -0.151. The Morgan fingerprint density at radius 2 is 2.31 bits per heavy atom. The first kappa shape index (κ1) is 10.5. The summed E-state index contributed by atoms with van der Waals surface area (Å²) in [7, 11) is 0. The number of rotatable bonds is 3. The molecule has 1 saturated heterocycles. The minimum absolute atomic E-state index is 0.0836. The molecule has 13 heavy (non-hydrogen) atoms. The van der Waals surface area contributed by atoms with Crippen molar-refractivity contribution in [3.05, 3.63) is 0 Å². The molecule has 1 rings (SSSR count). The highest BCUT2D eigenvalue weighted by molar-refractivity contribution is 5.71. The fourth-order valence-corrected chi connectivity index (χ4v) is 1.02. The minimum atomic E-state index is -0.192. The van der Waals surface area contributed by atoms with Gasteiger partial charge in [0.05, 0.1) is 12.5 Å². The predicted octanol–water partition coefficient (Wildman–Crippen LogP) is 0.947. The molecule has 0 N–H and O–H groups in total. The second-order valence-corrected chi connectivity index (χ2v) is 3.44. The van der Waals surface area contributed by atoms with Gasteiger partial charge in [-0.1, -0.05) is 13.8 Å². The molecule has 0 spiro atoms. The van der Waals surface area contributed by atoms with Crippen molar-refractivity contribution in [2.24, 2.45) is 5.92 Å². The molecular weight excluding hydrogens is 172 g/mol. The summed E-state index contributed by atoms with van der Waals surface area (Å²) in [5.74, 6) is -0.275. The Hall–Kier alpha value is -0.610. The number of ether oxygens (including phenoxy) is 3. The van der Waals surface area contributed by atoms with Gasteiger partial charge in [0.2, 0.25) is 0 Å². The van der Waals surface area contributed by atoms with Gasteiger partial charge >= 0.3 is 5.97 Å². The summed E-state index contributed by atoms with van der Waals surface area (Å²) in [6.45, 7) is 6.23. The smallest absolute Gasteiger partial charge is 0.308 e. The average molecular weight is 188 g/mol. The van der Waals surface area contributed by atoms with Gasteiger partial charge in [0.25, 0.3) is 0 Å². The summed E-state index contributed by atoms with van der Waals surface area (Å²) >= 11 is 0.